The Morgan fingerprint density at radius 1 is 1.11 bits per heavy atom. The predicted molar refractivity (Wildman–Crippen MR) is 143 cm³/mol. The van der Waals surface area contributed by atoms with Crippen LogP contribution < -0.4 is 4.90 Å². The Hall–Kier alpha value is -2.33. The van der Waals surface area contributed by atoms with Gasteiger partial charge in [-0.1, -0.05) is 29.9 Å². The molecule has 0 saturated carbocycles. The van der Waals surface area contributed by atoms with Gasteiger partial charge in [0.15, 0.2) is 5.13 Å². The number of piperidine rings is 1. The molecule has 2 aromatic carbocycles. The van der Waals surface area contributed by atoms with Crippen molar-refractivity contribution in [1.29, 1.82) is 0 Å². The minimum absolute atomic E-state index is 0.00950. The van der Waals surface area contributed by atoms with E-state index < -0.39 is 10.0 Å². The minimum Gasteiger partial charge on any atom is -0.309 e. The largest absolute Gasteiger partial charge is 0.309 e. The van der Waals surface area contributed by atoms with Gasteiger partial charge in [-0.05, 0) is 89.6 Å². The van der Waals surface area contributed by atoms with Gasteiger partial charge >= 0.3 is 0 Å². The highest BCUT2D eigenvalue weighted by Crippen LogP contribution is 2.32. The van der Waals surface area contributed by atoms with E-state index in [-0.39, 0.29) is 16.8 Å². The summed E-state index contributed by atoms with van der Waals surface area (Å²) in [5.41, 5.74) is 2.44. The fraction of sp³-hybridized carbons (Fsp3) is 0.462. The molecule has 0 radical (unpaired) electrons. The number of para-hydroxylation sites is 1. The number of hydrogen-bond acceptors (Lipinski definition) is 6. The highest BCUT2D eigenvalue weighted by molar-refractivity contribution is 7.89. The molecule has 1 atom stereocenters. The van der Waals surface area contributed by atoms with Crippen molar-refractivity contribution in [2.75, 3.05) is 38.6 Å². The quantitative estimate of drug-likeness (QED) is 0.433. The zero-order chi connectivity index (χ0) is 25.2. The van der Waals surface area contributed by atoms with E-state index in [1.54, 1.807) is 33.5 Å². The number of carbonyl (C=O) groups is 1. The second-order valence-electron chi connectivity index (χ2n) is 9.52. The summed E-state index contributed by atoms with van der Waals surface area (Å²) in [7, 11) is 0.440. The maximum absolute atomic E-state index is 13.6. The highest BCUT2D eigenvalue weighted by atomic mass is 32.2. The normalized spacial score (nSPS) is 17.2. The van der Waals surface area contributed by atoms with Crippen molar-refractivity contribution in [1.82, 2.24) is 14.2 Å². The van der Waals surface area contributed by atoms with Crippen LogP contribution in [-0.4, -0.2) is 68.3 Å². The maximum atomic E-state index is 13.6. The molecule has 1 saturated heterocycles. The number of aryl methyl sites for hydroxylation is 1. The second-order valence-corrected chi connectivity index (χ2v) is 12.4. The lowest BCUT2D eigenvalue weighted by Gasteiger charge is -2.32. The van der Waals surface area contributed by atoms with E-state index in [9.17, 15) is 13.2 Å². The molecule has 1 aliphatic heterocycles. The average molecular weight is 515 g/mol. The molecule has 0 spiro atoms. The third kappa shape index (κ3) is 5.58. The molecular formula is C26H34N4O3S2. The number of sulfonamides is 1. The highest BCUT2D eigenvalue weighted by Gasteiger charge is 2.31. The van der Waals surface area contributed by atoms with Crippen LogP contribution in [0.1, 0.15) is 48.5 Å². The number of anilines is 1. The summed E-state index contributed by atoms with van der Waals surface area (Å²) in [5, 5.41) is 0.664. The molecule has 1 aromatic heterocycles. The number of rotatable bonds is 8. The topological polar surface area (TPSA) is 73.8 Å². The van der Waals surface area contributed by atoms with Gasteiger partial charge in [0.1, 0.15) is 0 Å². The number of fused-ring (bicyclic) bond motifs is 1. The second kappa shape index (κ2) is 10.7. The van der Waals surface area contributed by atoms with Crippen LogP contribution in [0.15, 0.2) is 47.4 Å². The fourth-order valence-corrected chi connectivity index (χ4v) is 7.28. The number of thiazole rings is 1. The van der Waals surface area contributed by atoms with Crippen molar-refractivity contribution < 1.29 is 13.2 Å². The van der Waals surface area contributed by atoms with E-state index >= 15 is 0 Å². The van der Waals surface area contributed by atoms with E-state index in [4.69, 9.17) is 4.98 Å². The first-order chi connectivity index (χ1) is 16.7. The Morgan fingerprint density at radius 3 is 2.51 bits per heavy atom. The van der Waals surface area contributed by atoms with Crippen molar-refractivity contribution in [3.05, 3.63) is 53.6 Å². The third-order valence-electron chi connectivity index (χ3n) is 6.52. The molecule has 2 heterocycles. The number of nitrogens with zero attached hydrogens (tertiary/aromatic N) is 4. The zero-order valence-corrected chi connectivity index (χ0v) is 22.5. The van der Waals surface area contributed by atoms with Crippen molar-refractivity contribution in [2.24, 2.45) is 0 Å². The Kier molecular flexibility index (Phi) is 7.90. The molecule has 7 nitrogen and oxygen atoms in total. The van der Waals surface area contributed by atoms with Crippen LogP contribution in [0, 0.1) is 6.92 Å². The summed E-state index contributed by atoms with van der Waals surface area (Å²) < 4.78 is 29.0. The standard InChI is InChI=1S/C26H34N4O3S2/c1-19-9-7-11-23-24(19)27-26(34-23)29(17-8-16-28(3)4)25(31)21-12-14-22(15-13-21)35(32,33)30-18-6-5-10-20(30)2/h7,9,11-15,20H,5-6,8,10,16-18H2,1-4H3. The molecule has 1 fully saturated rings. The van der Waals surface area contributed by atoms with Gasteiger partial charge in [-0.15, -0.1) is 0 Å². The summed E-state index contributed by atoms with van der Waals surface area (Å²) >= 11 is 1.51. The zero-order valence-electron chi connectivity index (χ0n) is 20.9. The molecule has 0 N–H and O–H groups in total. The molecule has 188 valence electrons. The van der Waals surface area contributed by atoms with Gasteiger partial charge in [0.05, 0.1) is 15.1 Å². The number of carbonyl (C=O) groups excluding carboxylic acids is 1. The number of aromatic nitrogens is 1. The summed E-state index contributed by atoms with van der Waals surface area (Å²) in [4.78, 5) is 22.5. The van der Waals surface area contributed by atoms with Gasteiger partial charge in [0.25, 0.3) is 5.91 Å². The SMILES string of the molecule is Cc1cccc2sc(N(CCCN(C)C)C(=O)c3ccc(S(=O)(=O)N4CCCCC4C)cc3)nc12. The van der Waals surface area contributed by atoms with Gasteiger partial charge in [0, 0.05) is 24.7 Å². The van der Waals surface area contributed by atoms with Gasteiger partial charge < -0.3 is 4.90 Å². The Morgan fingerprint density at radius 2 is 1.86 bits per heavy atom. The summed E-state index contributed by atoms with van der Waals surface area (Å²) in [6.07, 6.45) is 3.60. The van der Waals surface area contributed by atoms with Crippen LogP contribution in [0.5, 0.6) is 0 Å². The summed E-state index contributed by atoms with van der Waals surface area (Å²) in [6.45, 7) is 5.90. The first-order valence-corrected chi connectivity index (χ1v) is 14.4. The van der Waals surface area contributed by atoms with Crippen molar-refractivity contribution in [3.63, 3.8) is 0 Å². The minimum atomic E-state index is -3.58. The van der Waals surface area contributed by atoms with E-state index in [0.29, 0.717) is 23.8 Å². The van der Waals surface area contributed by atoms with Crippen LogP contribution in [-0.2, 0) is 10.0 Å². The number of hydrogen-bond donors (Lipinski definition) is 0. The van der Waals surface area contributed by atoms with Crippen LogP contribution in [0.25, 0.3) is 10.2 Å². The number of amides is 1. The molecule has 9 heteroatoms. The fourth-order valence-electron chi connectivity index (χ4n) is 4.51. The molecule has 1 unspecified atom stereocenters. The van der Waals surface area contributed by atoms with Crippen molar-refractivity contribution >= 4 is 42.6 Å². The smallest absolute Gasteiger partial charge is 0.260 e. The van der Waals surface area contributed by atoms with Gasteiger partial charge in [-0.3, -0.25) is 9.69 Å². The Balaban J connectivity index is 1.61. The Labute approximate surface area is 212 Å². The van der Waals surface area contributed by atoms with Crippen molar-refractivity contribution in [3.8, 4) is 0 Å². The van der Waals surface area contributed by atoms with Crippen LogP contribution >= 0.6 is 11.3 Å². The molecule has 1 amide bonds. The monoisotopic (exact) mass is 514 g/mol. The molecule has 1 aliphatic rings. The van der Waals surface area contributed by atoms with Gasteiger partial charge in [-0.25, -0.2) is 13.4 Å². The first kappa shape index (κ1) is 25.8. The molecule has 0 aliphatic carbocycles. The first-order valence-electron chi connectivity index (χ1n) is 12.1. The lowest BCUT2D eigenvalue weighted by atomic mass is 10.1. The van der Waals surface area contributed by atoms with E-state index in [0.717, 1.165) is 48.0 Å². The van der Waals surface area contributed by atoms with E-state index in [2.05, 4.69) is 4.90 Å². The van der Waals surface area contributed by atoms with Crippen LogP contribution in [0.4, 0.5) is 5.13 Å². The average Bonchev–Trinajstić information content (AvgIpc) is 3.27. The Bertz CT molecular complexity index is 1290. The number of benzene rings is 2. The van der Waals surface area contributed by atoms with Crippen molar-refractivity contribution in [2.45, 2.75) is 50.5 Å². The summed E-state index contributed by atoms with van der Waals surface area (Å²) in [6, 6.07) is 12.4. The molecule has 0 bridgehead atoms. The third-order valence-corrected chi connectivity index (χ3v) is 9.59. The predicted octanol–water partition coefficient (Wildman–Crippen LogP) is 4.77. The molecular weight excluding hydrogens is 480 g/mol. The molecule has 4 rings (SSSR count). The van der Waals surface area contributed by atoms with Crippen LogP contribution in [0.2, 0.25) is 0 Å². The maximum Gasteiger partial charge on any atom is 0.260 e. The molecule has 3 aromatic rings. The lowest BCUT2D eigenvalue weighted by molar-refractivity contribution is 0.0986. The lowest BCUT2D eigenvalue weighted by Crippen LogP contribution is -2.41. The van der Waals surface area contributed by atoms with Gasteiger partial charge in [-0.2, -0.15) is 4.31 Å². The molecule has 35 heavy (non-hydrogen) atoms. The van der Waals surface area contributed by atoms with Gasteiger partial charge in [0.2, 0.25) is 10.0 Å². The van der Waals surface area contributed by atoms with E-state index in [1.165, 1.54) is 11.3 Å². The summed E-state index contributed by atoms with van der Waals surface area (Å²) in [5.74, 6) is -0.171. The van der Waals surface area contributed by atoms with E-state index in [1.807, 2.05) is 46.1 Å². The van der Waals surface area contributed by atoms with Crippen LogP contribution in [0.3, 0.4) is 0 Å².